The van der Waals surface area contributed by atoms with Gasteiger partial charge in [0.15, 0.2) is 5.13 Å². The van der Waals surface area contributed by atoms with Crippen LogP contribution in [-0.2, 0) is 4.79 Å². The summed E-state index contributed by atoms with van der Waals surface area (Å²) >= 11 is 5.51. The Hall–Kier alpha value is -1.05. The van der Waals surface area contributed by atoms with Crippen LogP contribution < -0.4 is 10.6 Å². The number of thiazole rings is 1. The van der Waals surface area contributed by atoms with E-state index in [4.69, 9.17) is 5.73 Å². The van der Waals surface area contributed by atoms with Gasteiger partial charge in [0.25, 0.3) is 5.91 Å². The van der Waals surface area contributed by atoms with Crippen LogP contribution in [0.4, 0.5) is 5.13 Å². The summed E-state index contributed by atoms with van der Waals surface area (Å²) in [6.07, 6.45) is 3.34. The van der Waals surface area contributed by atoms with Crippen LogP contribution in [0, 0.1) is 0 Å². The normalized spacial score (nSPS) is 11.9. The fourth-order valence-electron chi connectivity index (χ4n) is 1.17. The maximum absolute atomic E-state index is 10.9. The van der Waals surface area contributed by atoms with Gasteiger partial charge in [-0.05, 0) is 20.2 Å². The van der Waals surface area contributed by atoms with Gasteiger partial charge >= 0.3 is 0 Å². The molecule has 1 aromatic rings. The number of thiol groups is 1. The fourth-order valence-corrected chi connectivity index (χ4v) is 2.24. The number of carbonyl (C=O) groups excluding carboxylic acids is 1. The van der Waals surface area contributed by atoms with Crippen LogP contribution >= 0.6 is 24.0 Å². The van der Waals surface area contributed by atoms with Crippen LogP contribution in [0.25, 0.3) is 6.08 Å². The second kappa shape index (κ2) is 6.77. The lowest BCUT2D eigenvalue weighted by molar-refractivity contribution is -0.113. The number of likely N-dealkylation sites (N-methyl/N-ethyl adjacent to an activating group) is 2. The number of anilines is 1. The third-order valence-corrected chi connectivity index (χ3v) is 3.66. The first-order chi connectivity index (χ1) is 8.40. The third-order valence-electron chi connectivity index (χ3n) is 2.25. The molecule has 1 amide bonds. The number of primary amides is 1. The molecule has 0 aliphatic rings. The molecule has 0 aliphatic carbocycles. The van der Waals surface area contributed by atoms with Crippen molar-refractivity contribution in [2.24, 2.45) is 5.73 Å². The molecule has 0 radical (unpaired) electrons. The predicted octanol–water partition coefficient (Wildman–Crippen LogP) is 0.897. The van der Waals surface area contributed by atoms with Gasteiger partial charge < -0.3 is 15.5 Å². The van der Waals surface area contributed by atoms with Crippen LogP contribution in [0.2, 0.25) is 0 Å². The molecule has 0 aromatic carbocycles. The molecule has 0 fully saturated rings. The van der Waals surface area contributed by atoms with Crippen molar-refractivity contribution >= 4 is 41.1 Å². The Balaban J connectivity index is 2.68. The average Bonchev–Trinajstić information content (AvgIpc) is 2.74. The Morgan fingerprint density at radius 3 is 2.72 bits per heavy atom. The Morgan fingerprint density at radius 2 is 2.17 bits per heavy atom. The summed E-state index contributed by atoms with van der Waals surface area (Å²) in [5.41, 5.74) is 5.12. The van der Waals surface area contributed by atoms with Crippen LogP contribution in [0.15, 0.2) is 11.1 Å². The quantitative estimate of drug-likeness (QED) is 0.602. The summed E-state index contributed by atoms with van der Waals surface area (Å²) < 4.78 is 0. The summed E-state index contributed by atoms with van der Waals surface area (Å²) in [6.45, 7) is 1.85. The zero-order chi connectivity index (χ0) is 13.7. The molecule has 0 atom stereocenters. The highest BCUT2D eigenvalue weighted by Gasteiger charge is 2.07. The van der Waals surface area contributed by atoms with Crippen molar-refractivity contribution < 1.29 is 4.79 Å². The predicted molar refractivity (Wildman–Crippen MR) is 80.1 cm³/mol. The monoisotopic (exact) mass is 286 g/mol. The van der Waals surface area contributed by atoms with Crippen molar-refractivity contribution in [2.45, 2.75) is 0 Å². The molecular formula is C11H18N4OS2. The zero-order valence-corrected chi connectivity index (χ0v) is 12.5. The van der Waals surface area contributed by atoms with Crippen LogP contribution in [0.5, 0.6) is 0 Å². The van der Waals surface area contributed by atoms with E-state index in [1.807, 2.05) is 21.1 Å². The molecule has 100 valence electrons. The van der Waals surface area contributed by atoms with E-state index < -0.39 is 5.91 Å². The Morgan fingerprint density at radius 1 is 1.50 bits per heavy atom. The van der Waals surface area contributed by atoms with Gasteiger partial charge in [-0.25, -0.2) is 4.98 Å². The summed E-state index contributed by atoms with van der Waals surface area (Å²) in [5.74, 6) is -0.533. The Labute approximate surface area is 117 Å². The number of nitrogens with two attached hydrogens (primary N) is 1. The molecule has 1 heterocycles. The lowest BCUT2D eigenvalue weighted by Gasteiger charge is -2.18. The number of hydrogen-bond acceptors (Lipinski definition) is 6. The van der Waals surface area contributed by atoms with E-state index in [-0.39, 0.29) is 4.91 Å². The van der Waals surface area contributed by atoms with E-state index in [0.717, 1.165) is 23.1 Å². The Kier molecular flexibility index (Phi) is 5.64. The number of carbonyl (C=O) groups is 1. The molecule has 2 N–H and O–H groups in total. The van der Waals surface area contributed by atoms with Gasteiger partial charge in [-0.15, -0.1) is 12.6 Å². The number of aromatic nitrogens is 1. The second-order valence-electron chi connectivity index (χ2n) is 4.16. The maximum atomic E-state index is 10.9. The van der Waals surface area contributed by atoms with Crippen molar-refractivity contribution in [3.63, 3.8) is 0 Å². The van der Waals surface area contributed by atoms with Gasteiger partial charge in [-0.2, -0.15) is 0 Å². The minimum absolute atomic E-state index is 0.237. The number of hydrogen-bond donors (Lipinski definition) is 2. The highest BCUT2D eigenvalue weighted by Crippen LogP contribution is 2.23. The molecule has 1 aromatic heterocycles. The molecule has 18 heavy (non-hydrogen) atoms. The van der Waals surface area contributed by atoms with Gasteiger partial charge in [-0.3, -0.25) is 4.79 Å². The first-order valence-electron chi connectivity index (χ1n) is 5.42. The SMILES string of the molecule is CN(C)CCN(C)c1ncc(/C=C(\S)C(N)=O)s1. The van der Waals surface area contributed by atoms with Crippen molar-refractivity contribution in [3.8, 4) is 0 Å². The highest BCUT2D eigenvalue weighted by atomic mass is 32.1. The summed E-state index contributed by atoms with van der Waals surface area (Å²) in [7, 11) is 6.05. The highest BCUT2D eigenvalue weighted by molar-refractivity contribution is 7.85. The number of amides is 1. The van der Waals surface area contributed by atoms with Crippen molar-refractivity contribution in [1.82, 2.24) is 9.88 Å². The fraction of sp³-hybridized carbons (Fsp3) is 0.455. The second-order valence-corrected chi connectivity index (χ2v) is 5.69. The van der Waals surface area contributed by atoms with E-state index in [1.165, 1.54) is 11.3 Å². The molecule has 7 heteroatoms. The van der Waals surface area contributed by atoms with Crippen LogP contribution in [0.1, 0.15) is 4.88 Å². The largest absolute Gasteiger partial charge is 0.365 e. The lowest BCUT2D eigenvalue weighted by Crippen LogP contribution is -2.28. The third kappa shape index (κ3) is 4.67. The molecule has 0 unspecified atom stereocenters. The van der Waals surface area contributed by atoms with E-state index >= 15 is 0 Å². The van der Waals surface area contributed by atoms with Gasteiger partial charge in [-0.1, -0.05) is 11.3 Å². The van der Waals surface area contributed by atoms with E-state index in [1.54, 1.807) is 12.3 Å². The van der Waals surface area contributed by atoms with Gasteiger partial charge in [0.1, 0.15) is 0 Å². The molecular weight excluding hydrogens is 268 g/mol. The van der Waals surface area contributed by atoms with Gasteiger partial charge in [0.2, 0.25) is 0 Å². The average molecular weight is 286 g/mol. The summed E-state index contributed by atoms with van der Waals surface area (Å²) in [5, 5.41) is 0.911. The van der Waals surface area contributed by atoms with E-state index in [0.29, 0.717) is 0 Å². The topological polar surface area (TPSA) is 62.5 Å². The zero-order valence-electron chi connectivity index (χ0n) is 10.8. The molecule has 0 saturated carbocycles. The standard InChI is InChI=1S/C11H18N4OS2/c1-14(2)4-5-15(3)11-13-7-8(18-11)6-9(17)10(12)16/h6-7,17H,4-5H2,1-3H3,(H2,12,16)/b9-6-. The van der Waals surface area contributed by atoms with E-state index in [2.05, 4.69) is 27.4 Å². The summed E-state index contributed by atoms with van der Waals surface area (Å²) in [6, 6.07) is 0. The summed E-state index contributed by atoms with van der Waals surface area (Å²) in [4.78, 5) is 20.5. The molecule has 0 saturated heterocycles. The van der Waals surface area contributed by atoms with Crippen molar-refractivity contribution in [3.05, 3.63) is 16.0 Å². The molecule has 0 bridgehead atoms. The van der Waals surface area contributed by atoms with Gasteiger partial charge in [0.05, 0.1) is 9.78 Å². The van der Waals surface area contributed by atoms with Crippen LogP contribution in [-0.4, -0.2) is 50.0 Å². The molecule has 0 aliphatic heterocycles. The number of rotatable bonds is 6. The Bertz CT molecular complexity index is 442. The van der Waals surface area contributed by atoms with Crippen LogP contribution in [0.3, 0.4) is 0 Å². The van der Waals surface area contributed by atoms with Crippen molar-refractivity contribution in [2.75, 3.05) is 39.1 Å². The van der Waals surface area contributed by atoms with E-state index in [9.17, 15) is 4.79 Å². The first kappa shape index (κ1) is 15.0. The molecule has 0 spiro atoms. The maximum Gasteiger partial charge on any atom is 0.254 e. The first-order valence-corrected chi connectivity index (χ1v) is 6.68. The minimum atomic E-state index is -0.533. The smallest absolute Gasteiger partial charge is 0.254 e. The molecule has 5 nitrogen and oxygen atoms in total. The lowest BCUT2D eigenvalue weighted by atomic mass is 10.4. The minimum Gasteiger partial charge on any atom is -0.365 e. The van der Waals surface area contributed by atoms with Crippen molar-refractivity contribution in [1.29, 1.82) is 0 Å². The molecule has 1 rings (SSSR count). The van der Waals surface area contributed by atoms with Gasteiger partial charge in [0, 0.05) is 26.3 Å². The number of nitrogens with zero attached hydrogens (tertiary/aromatic N) is 3.